The minimum atomic E-state index is -4.14. The SMILES string of the molecule is COc1ccc2c3c1O[C@H]1[C@H](N(C)C(=O)/C=C/c4ccoc4)CC[C@@]4(O)[C@@H](C2)N(S(=O)(=O)c2cc(-c5cccc(C(=O)N(C)C)c5)ccc2C)CC[C@]314. The number of aryl methyl sites for hydroxylation is 1. The molecule has 1 saturated heterocycles. The van der Waals surface area contributed by atoms with Crippen molar-refractivity contribution in [3.8, 4) is 22.6 Å². The third-order valence-corrected chi connectivity index (χ3v) is 14.1. The van der Waals surface area contributed by atoms with Crippen molar-refractivity contribution < 1.29 is 37.0 Å². The molecule has 4 aromatic rings. The molecule has 1 saturated carbocycles. The lowest BCUT2D eigenvalue weighted by atomic mass is 9.48. The van der Waals surface area contributed by atoms with Crippen molar-refractivity contribution in [1.29, 1.82) is 0 Å². The Kier molecular flexibility index (Phi) is 8.36. The molecule has 0 unspecified atom stereocenters. The molecule has 3 heterocycles. The summed E-state index contributed by atoms with van der Waals surface area (Å²) in [5.41, 5.74) is 2.53. The molecule has 12 heteroatoms. The van der Waals surface area contributed by atoms with E-state index in [-0.39, 0.29) is 36.1 Å². The van der Waals surface area contributed by atoms with Gasteiger partial charge >= 0.3 is 0 Å². The van der Waals surface area contributed by atoms with Crippen LogP contribution in [-0.2, 0) is 26.7 Å². The highest BCUT2D eigenvalue weighted by Gasteiger charge is 2.74. The summed E-state index contributed by atoms with van der Waals surface area (Å²) in [7, 11) is 2.56. The highest BCUT2D eigenvalue weighted by Crippen LogP contribution is 2.66. The van der Waals surface area contributed by atoms with Gasteiger partial charge in [0.05, 0.1) is 47.6 Å². The molecule has 1 N–H and O–H groups in total. The topological polar surface area (TPSA) is 130 Å². The molecule has 4 aliphatic rings. The average Bonchev–Trinajstić information content (AvgIpc) is 3.79. The molecule has 11 nitrogen and oxygen atoms in total. The summed E-state index contributed by atoms with van der Waals surface area (Å²) >= 11 is 0. The number of benzene rings is 3. The van der Waals surface area contributed by atoms with Gasteiger partial charge in [-0.15, -0.1) is 0 Å². The Bertz CT molecular complexity index is 2270. The number of amides is 2. The maximum atomic E-state index is 14.9. The van der Waals surface area contributed by atoms with E-state index in [1.54, 1.807) is 95.1 Å². The molecule has 53 heavy (non-hydrogen) atoms. The first-order valence-electron chi connectivity index (χ1n) is 17.8. The molecule has 2 aliphatic carbocycles. The summed E-state index contributed by atoms with van der Waals surface area (Å²) in [4.78, 5) is 29.6. The van der Waals surface area contributed by atoms with Gasteiger partial charge < -0.3 is 28.8 Å². The summed E-state index contributed by atoms with van der Waals surface area (Å²) in [6.07, 6.45) is 6.90. The average molecular weight is 738 g/mol. The molecule has 5 atom stereocenters. The van der Waals surface area contributed by atoms with E-state index >= 15 is 0 Å². The lowest BCUT2D eigenvalue weighted by Crippen LogP contribution is -2.78. The quantitative estimate of drug-likeness (QED) is 0.249. The number of likely N-dealkylation sites (N-methyl/N-ethyl adjacent to an activating group) is 1. The molecule has 276 valence electrons. The van der Waals surface area contributed by atoms with Crippen LogP contribution in [0.2, 0.25) is 0 Å². The molecule has 2 fully saturated rings. The number of furan rings is 1. The van der Waals surface area contributed by atoms with Gasteiger partial charge in [-0.2, -0.15) is 4.31 Å². The van der Waals surface area contributed by atoms with E-state index in [0.29, 0.717) is 41.0 Å². The van der Waals surface area contributed by atoms with Crippen molar-refractivity contribution in [3.63, 3.8) is 0 Å². The van der Waals surface area contributed by atoms with E-state index in [4.69, 9.17) is 13.9 Å². The van der Waals surface area contributed by atoms with Gasteiger partial charge in [-0.1, -0.05) is 30.3 Å². The highest BCUT2D eigenvalue weighted by atomic mass is 32.2. The van der Waals surface area contributed by atoms with Gasteiger partial charge in [0.1, 0.15) is 6.10 Å². The number of hydrogen-bond acceptors (Lipinski definition) is 8. The maximum absolute atomic E-state index is 14.9. The van der Waals surface area contributed by atoms with Crippen LogP contribution in [0.5, 0.6) is 11.5 Å². The predicted molar refractivity (Wildman–Crippen MR) is 198 cm³/mol. The zero-order chi connectivity index (χ0) is 37.4. The van der Waals surface area contributed by atoms with Crippen LogP contribution >= 0.6 is 0 Å². The second kappa shape index (κ2) is 12.6. The van der Waals surface area contributed by atoms with Crippen molar-refractivity contribution in [2.45, 2.75) is 66.7 Å². The number of carbonyl (C=O) groups excluding carboxylic acids is 2. The van der Waals surface area contributed by atoms with Gasteiger partial charge in [0.25, 0.3) is 5.91 Å². The molecular weight excluding hydrogens is 695 g/mol. The van der Waals surface area contributed by atoms with Crippen molar-refractivity contribution in [1.82, 2.24) is 14.1 Å². The van der Waals surface area contributed by atoms with Crippen molar-refractivity contribution >= 4 is 27.9 Å². The van der Waals surface area contributed by atoms with Gasteiger partial charge in [-0.05, 0) is 91.3 Å². The zero-order valence-electron chi connectivity index (χ0n) is 30.4. The number of aliphatic hydroxyl groups is 1. The largest absolute Gasteiger partial charge is 0.493 e. The number of hydrogen-bond donors (Lipinski definition) is 1. The highest BCUT2D eigenvalue weighted by molar-refractivity contribution is 7.89. The Morgan fingerprint density at radius 3 is 2.57 bits per heavy atom. The molecular formula is C41H43N3O8S. The number of carbonyl (C=O) groups is 2. The van der Waals surface area contributed by atoms with E-state index in [1.165, 1.54) is 15.3 Å². The summed E-state index contributed by atoms with van der Waals surface area (Å²) < 4.78 is 49.1. The minimum Gasteiger partial charge on any atom is -0.493 e. The van der Waals surface area contributed by atoms with E-state index in [0.717, 1.165) is 22.3 Å². The van der Waals surface area contributed by atoms with Crippen LogP contribution < -0.4 is 9.47 Å². The number of sulfonamides is 1. The van der Waals surface area contributed by atoms with E-state index in [9.17, 15) is 23.1 Å². The predicted octanol–water partition coefficient (Wildman–Crippen LogP) is 5.05. The van der Waals surface area contributed by atoms with Crippen molar-refractivity contribution in [2.75, 3.05) is 34.8 Å². The molecule has 0 radical (unpaired) electrons. The molecule has 1 aromatic heterocycles. The third kappa shape index (κ3) is 5.17. The molecule has 2 aliphatic heterocycles. The van der Waals surface area contributed by atoms with Crippen LogP contribution in [0.3, 0.4) is 0 Å². The summed E-state index contributed by atoms with van der Waals surface area (Å²) in [5, 5.41) is 13.2. The lowest BCUT2D eigenvalue weighted by molar-refractivity contribution is -0.186. The van der Waals surface area contributed by atoms with Crippen LogP contribution in [0.1, 0.15) is 51.9 Å². The fraction of sp³-hybridized carbons (Fsp3) is 0.366. The standard InChI is InChI=1S/C41H43N3O8S/c1-25-9-11-28(27-7-6-8-30(21-27)39(46)42(2)3)22-33(25)53(48,49)44-19-18-40-36-29-12-13-32(50-5)37(36)52-38(40)31(15-17-41(40,47)34(44)23-29)43(4)35(45)14-10-26-16-20-51-24-26/h6-14,16,20-22,24,31,34,38,47H,15,17-19,23H2,1-5H3/b14-10+/t31-,34-,38+,40+,41-/m1/s1. The van der Waals surface area contributed by atoms with E-state index in [1.807, 2.05) is 24.3 Å². The number of ether oxygens (including phenoxy) is 2. The van der Waals surface area contributed by atoms with Gasteiger partial charge in [0.15, 0.2) is 11.5 Å². The first-order valence-corrected chi connectivity index (χ1v) is 19.3. The van der Waals surface area contributed by atoms with E-state index in [2.05, 4.69) is 0 Å². The maximum Gasteiger partial charge on any atom is 0.253 e. The fourth-order valence-electron chi connectivity index (χ4n) is 9.41. The fourth-order valence-corrected chi connectivity index (χ4v) is 11.3. The van der Waals surface area contributed by atoms with Crippen molar-refractivity contribution in [3.05, 3.63) is 107 Å². The summed E-state index contributed by atoms with van der Waals surface area (Å²) in [6, 6.07) is 16.9. The summed E-state index contributed by atoms with van der Waals surface area (Å²) in [6.45, 7) is 1.92. The Balaban J connectivity index is 1.18. The molecule has 2 amide bonds. The Hall–Kier alpha value is -4.91. The smallest absolute Gasteiger partial charge is 0.253 e. The second-order valence-electron chi connectivity index (χ2n) is 14.9. The van der Waals surface area contributed by atoms with Crippen LogP contribution in [0.15, 0.2) is 88.6 Å². The second-order valence-corrected chi connectivity index (χ2v) is 16.7. The third-order valence-electron chi connectivity index (χ3n) is 12.0. The van der Waals surface area contributed by atoms with Gasteiger partial charge in [0, 0.05) is 50.5 Å². The van der Waals surface area contributed by atoms with Crippen LogP contribution in [0, 0.1) is 6.92 Å². The molecule has 1 spiro atoms. The van der Waals surface area contributed by atoms with E-state index < -0.39 is 39.2 Å². The van der Waals surface area contributed by atoms with Gasteiger partial charge in [0.2, 0.25) is 15.9 Å². The van der Waals surface area contributed by atoms with Gasteiger partial charge in [-0.25, -0.2) is 8.42 Å². The minimum absolute atomic E-state index is 0.145. The van der Waals surface area contributed by atoms with Crippen LogP contribution in [0.25, 0.3) is 17.2 Å². The van der Waals surface area contributed by atoms with Gasteiger partial charge in [-0.3, -0.25) is 9.59 Å². The normalized spacial score (nSPS) is 25.8. The Morgan fingerprint density at radius 2 is 1.83 bits per heavy atom. The summed E-state index contributed by atoms with van der Waals surface area (Å²) in [5.74, 6) is 0.734. The van der Waals surface area contributed by atoms with Crippen molar-refractivity contribution in [2.24, 2.45) is 0 Å². The zero-order valence-corrected chi connectivity index (χ0v) is 31.2. The van der Waals surface area contributed by atoms with Crippen LogP contribution in [0.4, 0.5) is 0 Å². The molecule has 3 aromatic carbocycles. The first kappa shape index (κ1) is 35.1. The molecule has 2 bridgehead atoms. The number of nitrogens with zero attached hydrogens (tertiary/aromatic N) is 3. The number of rotatable bonds is 8. The Morgan fingerprint density at radius 1 is 1.04 bits per heavy atom. The van der Waals surface area contributed by atoms with Crippen LogP contribution in [-0.4, -0.2) is 98.0 Å². The lowest BCUT2D eigenvalue weighted by Gasteiger charge is -2.64. The monoisotopic (exact) mass is 737 g/mol. The molecule has 8 rings (SSSR count). The Labute approximate surface area is 309 Å². The number of methoxy groups -OCH3 is 1. The number of piperidine rings is 1. The first-order chi connectivity index (χ1) is 25.3.